The van der Waals surface area contributed by atoms with Gasteiger partial charge in [0.25, 0.3) is 0 Å². The highest BCUT2D eigenvalue weighted by atomic mass is 35.5. The Morgan fingerprint density at radius 1 is 1.00 bits per heavy atom. The van der Waals surface area contributed by atoms with Crippen LogP contribution in [0, 0.1) is 20.8 Å². The van der Waals surface area contributed by atoms with Gasteiger partial charge in [-0.2, -0.15) is 0 Å². The Hall–Kier alpha value is -1.80. The largest absolute Gasteiger partial charge is 0.456 e. The fourth-order valence-corrected chi connectivity index (χ4v) is 2.60. The zero-order chi connectivity index (χ0) is 13.7. The molecule has 0 aliphatic carbocycles. The van der Waals surface area contributed by atoms with Crippen molar-refractivity contribution in [2.75, 3.05) is 0 Å². The van der Waals surface area contributed by atoms with E-state index in [4.69, 9.17) is 16.0 Å². The molecule has 0 saturated carbocycles. The van der Waals surface area contributed by atoms with E-state index in [1.54, 1.807) is 18.2 Å². The predicted octanol–water partition coefficient (Wildman–Crippen LogP) is 4.52. The third-order valence-corrected chi connectivity index (χ3v) is 3.99. The van der Waals surface area contributed by atoms with Crippen LogP contribution in [0.5, 0.6) is 0 Å². The smallest absolute Gasteiger partial charge is 0.200 e. The van der Waals surface area contributed by atoms with Gasteiger partial charge in [0.1, 0.15) is 11.2 Å². The molecule has 96 valence electrons. The molecule has 19 heavy (non-hydrogen) atoms. The van der Waals surface area contributed by atoms with Crippen molar-refractivity contribution in [3.8, 4) is 0 Å². The lowest BCUT2D eigenvalue weighted by atomic mass is 9.99. The van der Waals surface area contributed by atoms with E-state index in [0.29, 0.717) is 27.0 Å². The van der Waals surface area contributed by atoms with E-state index in [-0.39, 0.29) is 5.43 Å². The van der Waals surface area contributed by atoms with Gasteiger partial charge in [-0.05, 0) is 61.7 Å². The highest BCUT2D eigenvalue weighted by molar-refractivity contribution is 6.31. The topological polar surface area (TPSA) is 30.2 Å². The number of halogens is 1. The first-order chi connectivity index (χ1) is 8.99. The highest BCUT2D eigenvalue weighted by Crippen LogP contribution is 2.26. The van der Waals surface area contributed by atoms with Crippen molar-refractivity contribution in [2.24, 2.45) is 0 Å². The first-order valence-electron chi connectivity index (χ1n) is 6.12. The van der Waals surface area contributed by atoms with Crippen LogP contribution >= 0.6 is 11.6 Å². The van der Waals surface area contributed by atoms with Crippen molar-refractivity contribution in [1.29, 1.82) is 0 Å². The third-order valence-electron chi connectivity index (χ3n) is 3.76. The normalized spacial score (nSPS) is 11.4. The van der Waals surface area contributed by atoms with Crippen LogP contribution in [0.3, 0.4) is 0 Å². The number of benzene rings is 2. The molecule has 2 nitrogen and oxygen atoms in total. The number of hydrogen-bond donors (Lipinski definition) is 0. The van der Waals surface area contributed by atoms with Gasteiger partial charge >= 0.3 is 0 Å². The molecule has 0 aliphatic heterocycles. The molecular formula is C16H13ClO2. The first kappa shape index (κ1) is 12.2. The standard InChI is InChI=1S/C16H13ClO2/c1-8-6-14-15(10(3)9(8)2)16(18)12-7-11(17)4-5-13(12)19-14/h4-7H,1-3H3. The molecule has 1 heterocycles. The molecule has 3 heteroatoms. The van der Waals surface area contributed by atoms with Crippen LogP contribution in [0.4, 0.5) is 0 Å². The fraction of sp³-hybridized carbons (Fsp3) is 0.188. The summed E-state index contributed by atoms with van der Waals surface area (Å²) in [5, 5.41) is 1.73. The lowest BCUT2D eigenvalue weighted by Crippen LogP contribution is -2.05. The second kappa shape index (κ2) is 4.10. The molecule has 0 N–H and O–H groups in total. The van der Waals surface area contributed by atoms with E-state index in [0.717, 1.165) is 16.7 Å². The fourth-order valence-electron chi connectivity index (χ4n) is 2.43. The molecule has 0 bridgehead atoms. The van der Waals surface area contributed by atoms with Crippen LogP contribution in [0.2, 0.25) is 5.02 Å². The van der Waals surface area contributed by atoms with Crippen molar-refractivity contribution in [2.45, 2.75) is 20.8 Å². The van der Waals surface area contributed by atoms with E-state index in [1.165, 1.54) is 0 Å². The van der Waals surface area contributed by atoms with Gasteiger partial charge in [-0.3, -0.25) is 4.79 Å². The SMILES string of the molecule is Cc1cc2oc3ccc(Cl)cc3c(=O)c2c(C)c1C. The summed E-state index contributed by atoms with van der Waals surface area (Å²) >= 11 is 5.96. The zero-order valence-electron chi connectivity index (χ0n) is 11.0. The molecule has 0 amide bonds. The molecule has 3 rings (SSSR count). The van der Waals surface area contributed by atoms with Gasteiger partial charge in [-0.1, -0.05) is 11.6 Å². The number of aryl methyl sites for hydroxylation is 2. The first-order valence-corrected chi connectivity index (χ1v) is 6.49. The van der Waals surface area contributed by atoms with Crippen LogP contribution in [0.1, 0.15) is 16.7 Å². The molecule has 0 atom stereocenters. The average molecular weight is 273 g/mol. The molecule has 0 spiro atoms. The van der Waals surface area contributed by atoms with Crippen molar-refractivity contribution >= 4 is 33.5 Å². The van der Waals surface area contributed by atoms with E-state index in [9.17, 15) is 4.79 Å². The van der Waals surface area contributed by atoms with Gasteiger partial charge in [-0.15, -0.1) is 0 Å². The summed E-state index contributed by atoms with van der Waals surface area (Å²) in [5.41, 5.74) is 4.43. The summed E-state index contributed by atoms with van der Waals surface area (Å²) in [4.78, 5) is 12.6. The minimum Gasteiger partial charge on any atom is -0.456 e. The van der Waals surface area contributed by atoms with Crippen LogP contribution in [-0.2, 0) is 0 Å². The minimum absolute atomic E-state index is 0.0145. The summed E-state index contributed by atoms with van der Waals surface area (Å²) in [5.74, 6) is 0. The van der Waals surface area contributed by atoms with Crippen molar-refractivity contribution in [3.63, 3.8) is 0 Å². The lowest BCUT2D eigenvalue weighted by Gasteiger charge is -2.09. The maximum absolute atomic E-state index is 12.6. The van der Waals surface area contributed by atoms with Gasteiger partial charge in [0.05, 0.1) is 10.8 Å². The third kappa shape index (κ3) is 1.75. The Labute approximate surface area is 115 Å². The predicted molar refractivity (Wildman–Crippen MR) is 79.2 cm³/mol. The Morgan fingerprint density at radius 2 is 1.74 bits per heavy atom. The summed E-state index contributed by atoms with van der Waals surface area (Å²) in [7, 11) is 0. The highest BCUT2D eigenvalue weighted by Gasteiger charge is 2.13. The van der Waals surface area contributed by atoms with Gasteiger partial charge in [0, 0.05) is 5.02 Å². The minimum atomic E-state index is -0.0145. The van der Waals surface area contributed by atoms with Crippen LogP contribution in [-0.4, -0.2) is 0 Å². The van der Waals surface area contributed by atoms with Crippen molar-refractivity contribution in [1.82, 2.24) is 0 Å². The molecular weight excluding hydrogens is 260 g/mol. The molecule has 0 aliphatic rings. The Kier molecular flexibility index (Phi) is 2.64. The summed E-state index contributed by atoms with van der Waals surface area (Å²) in [6, 6.07) is 7.06. The monoisotopic (exact) mass is 272 g/mol. The molecule has 3 aromatic rings. The Balaban J connectivity index is 2.62. The van der Waals surface area contributed by atoms with Crippen molar-refractivity contribution in [3.05, 3.63) is 56.2 Å². The second-order valence-electron chi connectivity index (χ2n) is 4.89. The van der Waals surface area contributed by atoms with E-state index >= 15 is 0 Å². The summed E-state index contributed by atoms with van der Waals surface area (Å²) in [6.45, 7) is 6.00. The lowest BCUT2D eigenvalue weighted by molar-refractivity contribution is 0.659. The van der Waals surface area contributed by atoms with E-state index in [1.807, 2.05) is 26.8 Å². The number of rotatable bonds is 0. The molecule has 0 radical (unpaired) electrons. The molecule has 0 fully saturated rings. The van der Waals surface area contributed by atoms with Crippen LogP contribution < -0.4 is 5.43 Å². The summed E-state index contributed by atoms with van der Waals surface area (Å²) in [6.07, 6.45) is 0. The van der Waals surface area contributed by atoms with E-state index in [2.05, 4.69) is 0 Å². The van der Waals surface area contributed by atoms with Gasteiger partial charge in [0.2, 0.25) is 5.43 Å². The second-order valence-corrected chi connectivity index (χ2v) is 5.32. The van der Waals surface area contributed by atoms with Gasteiger partial charge < -0.3 is 4.42 Å². The zero-order valence-corrected chi connectivity index (χ0v) is 11.8. The van der Waals surface area contributed by atoms with Gasteiger partial charge in [-0.25, -0.2) is 0 Å². The molecule has 0 saturated heterocycles. The summed E-state index contributed by atoms with van der Waals surface area (Å²) < 4.78 is 5.84. The van der Waals surface area contributed by atoms with Crippen molar-refractivity contribution < 1.29 is 4.42 Å². The molecule has 1 aromatic heterocycles. The van der Waals surface area contributed by atoms with E-state index < -0.39 is 0 Å². The molecule has 0 unspecified atom stereocenters. The average Bonchev–Trinajstić information content (AvgIpc) is 2.37. The van der Waals surface area contributed by atoms with Crippen LogP contribution in [0.25, 0.3) is 21.9 Å². The van der Waals surface area contributed by atoms with Gasteiger partial charge in [0.15, 0.2) is 0 Å². The van der Waals surface area contributed by atoms with Crippen LogP contribution in [0.15, 0.2) is 33.5 Å². The molecule has 2 aromatic carbocycles. The Morgan fingerprint density at radius 3 is 2.47 bits per heavy atom. The number of fused-ring (bicyclic) bond motifs is 2. The Bertz CT molecular complexity index is 875. The number of hydrogen-bond acceptors (Lipinski definition) is 2. The quantitative estimate of drug-likeness (QED) is 0.563. The maximum atomic E-state index is 12.6. The maximum Gasteiger partial charge on any atom is 0.200 e.